The number of aromatic hydroxyl groups is 1. The van der Waals surface area contributed by atoms with Gasteiger partial charge in [-0.1, -0.05) is 0 Å². The van der Waals surface area contributed by atoms with Gasteiger partial charge in [-0.2, -0.15) is 0 Å². The molecule has 0 saturated carbocycles. The molecule has 3 aromatic rings. The van der Waals surface area contributed by atoms with Crippen LogP contribution >= 0.6 is 0 Å². The van der Waals surface area contributed by atoms with Crippen LogP contribution in [0.5, 0.6) is 5.75 Å². The van der Waals surface area contributed by atoms with Crippen LogP contribution in [0, 0.1) is 0 Å². The fourth-order valence-electron chi connectivity index (χ4n) is 4.79. The maximum absolute atomic E-state index is 13.2. The SMILES string of the molecule is COCc1c(C(O)C=O)cc2n(c1=O)Cc1cc3c(CN4CCNCC4)c(O)ccc3nc1-2. The Morgan fingerprint density at radius 3 is 2.76 bits per heavy atom. The molecule has 9 heteroatoms. The molecule has 0 spiro atoms. The van der Waals surface area contributed by atoms with Crippen LogP contribution in [0.1, 0.15) is 28.4 Å². The van der Waals surface area contributed by atoms with Crippen molar-refractivity contribution in [3.8, 4) is 17.1 Å². The van der Waals surface area contributed by atoms with Gasteiger partial charge in [0, 0.05) is 67.5 Å². The number of carbonyl (C=O) groups excluding carboxylic acids is 1. The van der Waals surface area contributed by atoms with Crippen molar-refractivity contribution in [3.63, 3.8) is 0 Å². The van der Waals surface area contributed by atoms with Gasteiger partial charge in [-0.3, -0.25) is 9.69 Å². The third-order valence-electron chi connectivity index (χ3n) is 6.50. The number of phenolic OH excluding ortho intramolecular Hbond substituents is 1. The summed E-state index contributed by atoms with van der Waals surface area (Å²) < 4.78 is 6.75. The Bertz CT molecular complexity index is 1300. The predicted octanol–water partition coefficient (Wildman–Crippen LogP) is 0.915. The van der Waals surface area contributed by atoms with Crippen LogP contribution in [0.25, 0.3) is 22.3 Å². The van der Waals surface area contributed by atoms with Crippen LogP contribution < -0.4 is 10.9 Å². The van der Waals surface area contributed by atoms with Crippen LogP contribution in [-0.4, -0.2) is 64.2 Å². The molecule has 9 nitrogen and oxygen atoms in total. The van der Waals surface area contributed by atoms with E-state index in [1.165, 1.54) is 7.11 Å². The fraction of sp³-hybridized carbons (Fsp3) is 0.375. The van der Waals surface area contributed by atoms with Crippen LogP contribution in [0.4, 0.5) is 0 Å². The van der Waals surface area contributed by atoms with Crippen LogP contribution in [0.15, 0.2) is 29.1 Å². The molecule has 0 amide bonds. The number of aliphatic hydroxyl groups is 1. The van der Waals surface area contributed by atoms with E-state index in [9.17, 15) is 19.8 Å². The van der Waals surface area contributed by atoms with Crippen molar-refractivity contribution < 1.29 is 19.7 Å². The Balaban J connectivity index is 1.64. The second-order valence-corrected chi connectivity index (χ2v) is 8.52. The van der Waals surface area contributed by atoms with Crippen LogP contribution in [-0.2, 0) is 29.2 Å². The first-order chi connectivity index (χ1) is 16.0. The molecule has 0 radical (unpaired) electrons. The molecule has 1 unspecified atom stereocenters. The number of nitrogens with zero attached hydrogens (tertiary/aromatic N) is 3. The fourth-order valence-corrected chi connectivity index (χ4v) is 4.79. The van der Waals surface area contributed by atoms with Crippen molar-refractivity contribution in [2.24, 2.45) is 0 Å². The summed E-state index contributed by atoms with van der Waals surface area (Å²) in [6, 6.07) is 7.08. The number of hydrogen-bond donors (Lipinski definition) is 3. The normalized spacial score (nSPS) is 16.5. The summed E-state index contributed by atoms with van der Waals surface area (Å²) in [5.41, 5.74) is 3.79. The second kappa shape index (κ2) is 8.68. The first kappa shape index (κ1) is 21.7. The number of hydrogen-bond acceptors (Lipinski definition) is 8. The zero-order valence-corrected chi connectivity index (χ0v) is 18.4. The van der Waals surface area contributed by atoms with Crippen molar-refractivity contribution >= 4 is 17.2 Å². The molecule has 4 heterocycles. The number of aromatic nitrogens is 2. The first-order valence-corrected chi connectivity index (χ1v) is 11.0. The molecule has 1 aromatic carbocycles. The number of benzene rings is 1. The number of nitrogens with one attached hydrogen (secondary N) is 1. The van der Waals surface area contributed by atoms with E-state index >= 15 is 0 Å². The van der Waals surface area contributed by atoms with E-state index in [1.807, 2.05) is 6.07 Å². The van der Waals surface area contributed by atoms with Gasteiger partial charge in [-0.15, -0.1) is 0 Å². The number of aliphatic hydroxyl groups excluding tert-OH is 1. The number of carbonyl (C=O) groups is 1. The molecule has 0 aliphatic carbocycles. The number of methoxy groups -OCH3 is 1. The molecule has 1 atom stereocenters. The molecule has 2 aliphatic rings. The molecule has 0 bridgehead atoms. The van der Waals surface area contributed by atoms with Gasteiger partial charge in [-0.25, -0.2) is 4.98 Å². The Kier molecular flexibility index (Phi) is 5.71. The molecule has 33 heavy (non-hydrogen) atoms. The van der Waals surface area contributed by atoms with Gasteiger partial charge in [0.25, 0.3) is 5.56 Å². The smallest absolute Gasteiger partial charge is 0.257 e. The number of piperazine rings is 1. The van der Waals surface area contributed by atoms with E-state index < -0.39 is 6.10 Å². The van der Waals surface area contributed by atoms with Gasteiger partial charge >= 0.3 is 0 Å². The molecular formula is C24H26N4O5. The van der Waals surface area contributed by atoms with Crippen molar-refractivity contribution in [3.05, 3.63) is 56.9 Å². The lowest BCUT2D eigenvalue weighted by atomic mass is 10.0. The minimum atomic E-state index is -1.42. The Labute approximate surface area is 190 Å². The minimum absolute atomic E-state index is 0.00614. The predicted molar refractivity (Wildman–Crippen MR) is 122 cm³/mol. The number of ether oxygens (including phenoxy) is 1. The van der Waals surface area contributed by atoms with Gasteiger partial charge in [0.2, 0.25) is 0 Å². The van der Waals surface area contributed by atoms with Crippen molar-refractivity contribution in [1.29, 1.82) is 0 Å². The lowest BCUT2D eigenvalue weighted by molar-refractivity contribution is -0.115. The summed E-state index contributed by atoms with van der Waals surface area (Å²) in [5, 5.41) is 25.0. The van der Waals surface area contributed by atoms with Crippen molar-refractivity contribution in [2.45, 2.75) is 25.8 Å². The standard InChI is InChI=1S/C24H26N4O5/c1-33-13-18-16(22(31)12-29)9-20-23-14(10-28(20)24(18)32)8-15-17(11-27-6-4-25-5-7-27)21(30)3-2-19(15)26-23/h2-3,8-9,12,22,25,30-31H,4-7,10-11,13H2,1H3. The highest BCUT2D eigenvalue weighted by Gasteiger charge is 2.28. The highest BCUT2D eigenvalue weighted by atomic mass is 16.5. The van der Waals surface area contributed by atoms with Crippen molar-refractivity contribution in [2.75, 3.05) is 33.3 Å². The summed E-state index contributed by atoms with van der Waals surface area (Å²) in [5.74, 6) is 0.231. The van der Waals surface area contributed by atoms with Gasteiger partial charge in [0.15, 0.2) is 6.29 Å². The Morgan fingerprint density at radius 1 is 1.24 bits per heavy atom. The zero-order chi connectivity index (χ0) is 23.1. The van der Waals surface area contributed by atoms with Gasteiger partial charge < -0.3 is 29.6 Å². The monoisotopic (exact) mass is 450 g/mol. The highest BCUT2D eigenvalue weighted by Crippen LogP contribution is 2.36. The topological polar surface area (TPSA) is 117 Å². The lowest BCUT2D eigenvalue weighted by Gasteiger charge is -2.27. The molecule has 172 valence electrons. The largest absolute Gasteiger partial charge is 0.508 e. The third kappa shape index (κ3) is 3.72. The number of rotatable bonds is 6. The zero-order valence-electron chi connectivity index (χ0n) is 18.4. The summed E-state index contributed by atoms with van der Waals surface area (Å²) in [6.45, 7) is 4.56. The first-order valence-electron chi connectivity index (χ1n) is 11.0. The van der Waals surface area contributed by atoms with Crippen LogP contribution in [0.2, 0.25) is 0 Å². The summed E-state index contributed by atoms with van der Waals surface area (Å²) >= 11 is 0. The summed E-state index contributed by atoms with van der Waals surface area (Å²) in [7, 11) is 1.46. The average Bonchev–Trinajstić information content (AvgIpc) is 3.19. The van der Waals surface area contributed by atoms with E-state index in [4.69, 9.17) is 9.72 Å². The van der Waals surface area contributed by atoms with E-state index in [0.29, 0.717) is 30.8 Å². The number of aldehydes is 1. The molecule has 3 N–H and O–H groups in total. The molecule has 1 fully saturated rings. The maximum Gasteiger partial charge on any atom is 0.257 e. The minimum Gasteiger partial charge on any atom is -0.508 e. The number of phenols is 1. The van der Waals surface area contributed by atoms with Crippen molar-refractivity contribution in [1.82, 2.24) is 19.8 Å². The number of pyridine rings is 2. The molecule has 1 saturated heterocycles. The summed E-state index contributed by atoms with van der Waals surface area (Å²) in [4.78, 5) is 31.6. The van der Waals surface area contributed by atoms with E-state index in [-0.39, 0.29) is 29.0 Å². The van der Waals surface area contributed by atoms with Crippen LogP contribution in [0.3, 0.4) is 0 Å². The second-order valence-electron chi connectivity index (χ2n) is 8.52. The molecular weight excluding hydrogens is 424 g/mol. The summed E-state index contributed by atoms with van der Waals surface area (Å²) in [6.07, 6.45) is -1.01. The average molecular weight is 450 g/mol. The quantitative estimate of drug-likeness (QED) is 0.371. The lowest BCUT2D eigenvalue weighted by Crippen LogP contribution is -2.42. The van der Waals surface area contributed by atoms with Gasteiger partial charge in [-0.05, 0) is 24.3 Å². The molecule has 2 aromatic heterocycles. The molecule has 5 rings (SSSR count). The maximum atomic E-state index is 13.2. The van der Waals surface area contributed by atoms with E-state index in [1.54, 1.807) is 22.8 Å². The third-order valence-corrected chi connectivity index (χ3v) is 6.50. The van der Waals surface area contributed by atoms with E-state index in [0.717, 1.165) is 48.2 Å². The highest BCUT2D eigenvalue weighted by molar-refractivity contribution is 5.88. The van der Waals surface area contributed by atoms with Gasteiger partial charge in [0.05, 0.1) is 30.1 Å². The number of fused-ring (bicyclic) bond motifs is 4. The Morgan fingerprint density at radius 2 is 2.03 bits per heavy atom. The van der Waals surface area contributed by atoms with Gasteiger partial charge in [0.1, 0.15) is 11.9 Å². The van der Waals surface area contributed by atoms with E-state index in [2.05, 4.69) is 10.2 Å². The molecule has 2 aliphatic heterocycles. The Hall–Kier alpha value is -3.11.